The van der Waals surface area contributed by atoms with Crippen LogP contribution in [0.2, 0.25) is 0 Å². The number of allylic oxidation sites excluding steroid dienone is 2. The first-order valence-corrected chi connectivity index (χ1v) is 22.1. The molecule has 0 atom stereocenters. The molecule has 0 radical (unpaired) electrons. The molecule has 65 heavy (non-hydrogen) atoms. The number of rotatable bonds is 6. The van der Waals surface area contributed by atoms with Gasteiger partial charge >= 0.3 is 0 Å². The first-order chi connectivity index (χ1) is 32.3. The third-order valence-corrected chi connectivity index (χ3v) is 13.1. The maximum Gasteiger partial charge on any atom is 0.182 e. The zero-order chi connectivity index (χ0) is 42.8. The normalized spacial score (nSPS) is 13.8. The van der Waals surface area contributed by atoms with E-state index in [4.69, 9.17) is 15.0 Å². The van der Waals surface area contributed by atoms with Gasteiger partial charge in [-0.25, -0.2) is 15.0 Å². The Bertz CT molecular complexity index is 3700. The smallest absolute Gasteiger partial charge is 0.182 e. The Balaban J connectivity index is 1.07. The number of aromatic nitrogens is 3. The molecule has 2 aliphatic heterocycles. The van der Waals surface area contributed by atoms with Crippen LogP contribution >= 0.6 is 0 Å². The molecule has 304 valence electrons. The Labute approximate surface area is 376 Å². The predicted molar refractivity (Wildman–Crippen MR) is 270 cm³/mol. The van der Waals surface area contributed by atoms with Crippen LogP contribution < -0.4 is 4.90 Å². The number of benzene rings is 10. The van der Waals surface area contributed by atoms with E-state index in [1.54, 1.807) is 6.33 Å². The third kappa shape index (κ3) is 5.97. The summed E-state index contributed by atoms with van der Waals surface area (Å²) in [5.41, 5.74) is 9.81. The molecule has 0 saturated heterocycles. The molecule has 5 nitrogen and oxygen atoms in total. The summed E-state index contributed by atoms with van der Waals surface area (Å²) in [5, 5.41) is 11.8. The summed E-state index contributed by atoms with van der Waals surface area (Å²) in [6.07, 6.45) is 6.44. The van der Waals surface area contributed by atoms with Crippen molar-refractivity contribution in [1.29, 1.82) is 0 Å². The Morgan fingerprint density at radius 1 is 0.385 bits per heavy atom. The molecular weight excluding hydrogens is 791 g/mol. The summed E-state index contributed by atoms with van der Waals surface area (Å²) < 4.78 is 0. The highest BCUT2D eigenvalue weighted by molar-refractivity contribution is 6.21. The SMILES string of the molecule is C1=C(c2c3ccccc3cc3ccccc23)C=C2N(C1)C(c1ccc3ccccc3c1)=C(c1ncnc(-c3c4ccccc4c(-c4ccccc4)c4ccccc34)n1)N2c1ccccc1. The van der Waals surface area contributed by atoms with Crippen molar-refractivity contribution < 1.29 is 0 Å². The van der Waals surface area contributed by atoms with Crippen LogP contribution in [0.4, 0.5) is 5.69 Å². The molecule has 0 spiro atoms. The quantitative estimate of drug-likeness (QED) is 0.156. The molecule has 0 N–H and O–H groups in total. The average Bonchev–Trinajstić information content (AvgIpc) is 3.72. The van der Waals surface area contributed by atoms with Crippen molar-refractivity contribution in [3.05, 3.63) is 248 Å². The summed E-state index contributed by atoms with van der Waals surface area (Å²) in [6, 6.07) is 73.8. The molecule has 10 aromatic carbocycles. The van der Waals surface area contributed by atoms with Gasteiger partial charge in [0.15, 0.2) is 11.6 Å². The fourth-order valence-corrected chi connectivity index (χ4v) is 10.3. The molecule has 11 aromatic rings. The standard InChI is InChI=1S/C60H39N5/c1-3-18-40(19-4-1)54-49-27-13-15-29-51(49)56(52-30-16-14-28-50(52)54)59-61-38-62-60(63-59)58-57(45-32-31-39-17-7-8-20-41(39)35-45)64-34-33-44(37-53(64)65(58)46-23-5-2-6-24-46)55-47-25-11-9-21-42(47)36-43-22-10-12-26-48(43)55/h1-33,35-38H,34H2. The van der Waals surface area contributed by atoms with E-state index in [1.165, 1.54) is 54.6 Å². The lowest BCUT2D eigenvalue weighted by Gasteiger charge is -2.31. The van der Waals surface area contributed by atoms with Crippen LogP contribution in [0.3, 0.4) is 0 Å². The van der Waals surface area contributed by atoms with Crippen LogP contribution in [0.25, 0.3) is 93.3 Å². The maximum atomic E-state index is 5.57. The number of hydrogen-bond acceptors (Lipinski definition) is 5. The second-order valence-corrected chi connectivity index (χ2v) is 16.7. The highest BCUT2D eigenvalue weighted by atomic mass is 15.4. The monoisotopic (exact) mass is 829 g/mol. The highest BCUT2D eigenvalue weighted by Crippen LogP contribution is 2.49. The maximum absolute atomic E-state index is 5.57. The molecule has 1 aromatic heterocycles. The summed E-state index contributed by atoms with van der Waals surface area (Å²) in [6.45, 7) is 0.641. The van der Waals surface area contributed by atoms with Crippen LogP contribution in [-0.2, 0) is 0 Å². The molecule has 0 fully saturated rings. The van der Waals surface area contributed by atoms with Gasteiger partial charge in [0, 0.05) is 23.4 Å². The number of hydrogen-bond donors (Lipinski definition) is 0. The molecule has 0 saturated carbocycles. The summed E-state index contributed by atoms with van der Waals surface area (Å²) in [5.74, 6) is 2.25. The zero-order valence-corrected chi connectivity index (χ0v) is 35.3. The van der Waals surface area contributed by atoms with Gasteiger partial charge in [0.05, 0.1) is 5.70 Å². The van der Waals surface area contributed by atoms with Crippen molar-refractivity contribution >= 4 is 76.5 Å². The van der Waals surface area contributed by atoms with Crippen molar-refractivity contribution in [3.8, 4) is 22.5 Å². The molecule has 5 heteroatoms. The van der Waals surface area contributed by atoms with Gasteiger partial charge in [-0.15, -0.1) is 0 Å². The van der Waals surface area contributed by atoms with E-state index in [9.17, 15) is 0 Å². The minimum Gasteiger partial charge on any atom is -0.321 e. The summed E-state index contributed by atoms with van der Waals surface area (Å²) in [7, 11) is 0. The second-order valence-electron chi connectivity index (χ2n) is 16.7. The molecule has 0 amide bonds. The fraction of sp³-hybridized carbons (Fsp3) is 0.0167. The van der Waals surface area contributed by atoms with E-state index < -0.39 is 0 Å². The van der Waals surface area contributed by atoms with Gasteiger partial charge in [-0.2, -0.15) is 0 Å². The molecule has 2 aliphatic rings. The predicted octanol–water partition coefficient (Wildman–Crippen LogP) is 14.6. The fourth-order valence-electron chi connectivity index (χ4n) is 10.3. The van der Waals surface area contributed by atoms with Gasteiger partial charge in [-0.3, -0.25) is 4.90 Å². The first kappa shape index (κ1) is 36.9. The van der Waals surface area contributed by atoms with Crippen LogP contribution in [0.15, 0.2) is 231 Å². The Morgan fingerprint density at radius 3 is 1.58 bits per heavy atom. The van der Waals surface area contributed by atoms with E-state index in [-0.39, 0.29) is 0 Å². The van der Waals surface area contributed by atoms with Crippen molar-refractivity contribution in [2.75, 3.05) is 11.4 Å². The summed E-state index contributed by atoms with van der Waals surface area (Å²) >= 11 is 0. The van der Waals surface area contributed by atoms with Gasteiger partial charge in [0.25, 0.3) is 0 Å². The number of para-hydroxylation sites is 1. The largest absolute Gasteiger partial charge is 0.321 e. The van der Waals surface area contributed by atoms with Crippen molar-refractivity contribution in [2.24, 2.45) is 0 Å². The van der Waals surface area contributed by atoms with Gasteiger partial charge in [-0.05, 0) is 106 Å². The Hall–Kier alpha value is -8.67. The highest BCUT2D eigenvalue weighted by Gasteiger charge is 2.40. The van der Waals surface area contributed by atoms with Crippen molar-refractivity contribution in [2.45, 2.75) is 0 Å². The van der Waals surface area contributed by atoms with Gasteiger partial charge in [0.2, 0.25) is 0 Å². The van der Waals surface area contributed by atoms with Gasteiger partial charge in [0.1, 0.15) is 17.8 Å². The topological polar surface area (TPSA) is 45.2 Å². The average molecular weight is 830 g/mol. The summed E-state index contributed by atoms with van der Waals surface area (Å²) in [4.78, 5) is 20.5. The van der Waals surface area contributed by atoms with E-state index in [1.807, 2.05) is 0 Å². The lowest BCUT2D eigenvalue weighted by molar-refractivity contribution is 0.548. The van der Waals surface area contributed by atoms with Gasteiger partial charge in [-0.1, -0.05) is 188 Å². The Kier molecular flexibility index (Phi) is 8.53. The molecule has 0 aliphatic carbocycles. The van der Waals surface area contributed by atoms with E-state index >= 15 is 0 Å². The van der Waals surface area contributed by atoms with Gasteiger partial charge < -0.3 is 4.90 Å². The van der Waals surface area contributed by atoms with Crippen LogP contribution in [0.5, 0.6) is 0 Å². The van der Waals surface area contributed by atoms with Crippen LogP contribution in [0.1, 0.15) is 17.0 Å². The minimum absolute atomic E-state index is 0.592. The third-order valence-electron chi connectivity index (χ3n) is 13.1. The number of nitrogens with zero attached hydrogens (tertiary/aromatic N) is 5. The van der Waals surface area contributed by atoms with E-state index in [0.717, 1.165) is 55.6 Å². The van der Waals surface area contributed by atoms with Crippen LogP contribution in [-0.4, -0.2) is 26.4 Å². The van der Waals surface area contributed by atoms with Crippen molar-refractivity contribution in [3.63, 3.8) is 0 Å². The number of fused-ring (bicyclic) bond motifs is 6. The first-order valence-electron chi connectivity index (χ1n) is 22.1. The molecular formula is C60H39N5. The molecule has 3 heterocycles. The molecule has 0 unspecified atom stereocenters. The second kappa shape index (κ2) is 15.0. The number of anilines is 1. The lowest BCUT2D eigenvalue weighted by Crippen LogP contribution is -2.28. The van der Waals surface area contributed by atoms with E-state index in [2.05, 4.69) is 228 Å². The Morgan fingerprint density at radius 2 is 0.923 bits per heavy atom. The zero-order valence-electron chi connectivity index (χ0n) is 35.3. The van der Waals surface area contributed by atoms with Crippen molar-refractivity contribution in [1.82, 2.24) is 19.9 Å². The van der Waals surface area contributed by atoms with Crippen LogP contribution in [0, 0.1) is 0 Å². The lowest BCUT2D eigenvalue weighted by atomic mass is 9.88. The molecule has 13 rings (SSSR count). The van der Waals surface area contributed by atoms with E-state index in [0.29, 0.717) is 18.2 Å². The molecule has 0 bridgehead atoms. The minimum atomic E-state index is 0.592.